The van der Waals surface area contributed by atoms with E-state index in [1.54, 1.807) is 24.3 Å². The molecule has 1 fully saturated rings. The SMILES string of the molecule is COc1ccc(N2C(=O)[C@@H](NC(C)=O)[C@](C)(O)[C@@]2(C)O)cc1. The van der Waals surface area contributed by atoms with Gasteiger partial charge in [-0.3, -0.25) is 14.5 Å². The van der Waals surface area contributed by atoms with Crippen LogP contribution in [0.2, 0.25) is 0 Å². The third-order valence-corrected chi connectivity index (χ3v) is 4.10. The molecule has 0 saturated carbocycles. The van der Waals surface area contributed by atoms with Crippen LogP contribution >= 0.6 is 0 Å². The Morgan fingerprint density at radius 1 is 1.27 bits per heavy atom. The predicted octanol–water partition coefficient (Wildman–Crippen LogP) is 0.00600. The number of rotatable bonds is 3. The summed E-state index contributed by atoms with van der Waals surface area (Å²) in [7, 11) is 1.52. The van der Waals surface area contributed by atoms with Crippen LogP contribution in [-0.4, -0.2) is 46.5 Å². The first kappa shape index (κ1) is 16.3. The van der Waals surface area contributed by atoms with Crippen molar-refractivity contribution in [2.45, 2.75) is 38.1 Å². The summed E-state index contributed by atoms with van der Waals surface area (Å²) in [5, 5.41) is 23.7. The average Bonchev–Trinajstić information content (AvgIpc) is 2.56. The van der Waals surface area contributed by atoms with E-state index in [1.807, 2.05) is 0 Å². The van der Waals surface area contributed by atoms with Crippen LogP contribution in [0.3, 0.4) is 0 Å². The number of methoxy groups -OCH3 is 1. The molecular formula is C15H20N2O5. The highest BCUT2D eigenvalue weighted by molar-refractivity contribution is 6.04. The highest BCUT2D eigenvalue weighted by Crippen LogP contribution is 2.40. The van der Waals surface area contributed by atoms with Gasteiger partial charge in [-0.2, -0.15) is 0 Å². The molecule has 1 aliphatic heterocycles. The smallest absolute Gasteiger partial charge is 0.255 e. The molecule has 0 radical (unpaired) electrons. The van der Waals surface area contributed by atoms with E-state index in [2.05, 4.69) is 5.32 Å². The van der Waals surface area contributed by atoms with Gasteiger partial charge in [-0.15, -0.1) is 0 Å². The van der Waals surface area contributed by atoms with Gasteiger partial charge in [-0.25, -0.2) is 0 Å². The van der Waals surface area contributed by atoms with Crippen molar-refractivity contribution in [3.8, 4) is 5.75 Å². The van der Waals surface area contributed by atoms with Crippen molar-refractivity contribution < 1.29 is 24.5 Å². The van der Waals surface area contributed by atoms with Gasteiger partial charge in [0.2, 0.25) is 5.91 Å². The lowest BCUT2D eigenvalue weighted by Crippen LogP contribution is -2.60. The van der Waals surface area contributed by atoms with Gasteiger partial charge in [0.15, 0.2) is 5.72 Å². The summed E-state index contributed by atoms with van der Waals surface area (Å²) in [4.78, 5) is 24.9. The van der Waals surface area contributed by atoms with Crippen LogP contribution in [0.15, 0.2) is 24.3 Å². The van der Waals surface area contributed by atoms with Crippen molar-refractivity contribution in [3.63, 3.8) is 0 Å². The number of carbonyl (C=O) groups is 2. The van der Waals surface area contributed by atoms with E-state index < -0.39 is 29.2 Å². The number of benzene rings is 1. The maximum absolute atomic E-state index is 12.6. The van der Waals surface area contributed by atoms with Gasteiger partial charge in [0, 0.05) is 12.6 Å². The Labute approximate surface area is 128 Å². The van der Waals surface area contributed by atoms with Crippen LogP contribution in [0.25, 0.3) is 0 Å². The molecule has 0 aliphatic carbocycles. The Hall–Kier alpha value is -2.12. The monoisotopic (exact) mass is 308 g/mol. The molecule has 0 bridgehead atoms. The zero-order chi connectivity index (χ0) is 16.7. The Morgan fingerprint density at radius 2 is 1.82 bits per heavy atom. The highest BCUT2D eigenvalue weighted by Gasteiger charge is 2.63. The van der Waals surface area contributed by atoms with Crippen molar-refractivity contribution >= 4 is 17.5 Å². The van der Waals surface area contributed by atoms with E-state index >= 15 is 0 Å². The standard InChI is InChI=1S/C15H20N2O5/c1-9(18)16-12-13(19)17(15(3,21)14(12,2)20)10-5-7-11(22-4)8-6-10/h5-8,12,20-21H,1-4H3,(H,16,18)/t12-,14+,15-/m1/s1. The molecule has 1 aromatic rings. The number of amides is 2. The first-order chi connectivity index (χ1) is 10.1. The lowest BCUT2D eigenvalue weighted by Gasteiger charge is -2.38. The fraction of sp³-hybridized carbons (Fsp3) is 0.467. The van der Waals surface area contributed by atoms with E-state index in [0.29, 0.717) is 11.4 Å². The number of carbonyl (C=O) groups excluding carboxylic acids is 2. The van der Waals surface area contributed by atoms with Gasteiger partial charge in [0.05, 0.1) is 7.11 Å². The van der Waals surface area contributed by atoms with E-state index in [0.717, 1.165) is 4.90 Å². The number of anilines is 1. The number of nitrogens with zero attached hydrogens (tertiary/aromatic N) is 1. The van der Waals surface area contributed by atoms with Crippen LogP contribution in [-0.2, 0) is 9.59 Å². The minimum Gasteiger partial charge on any atom is -0.497 e. The molecule has 0 aromatic heterocycles. The van der Waals surface area contributed by atoms with Crippen molar-refractivity contribution in [2.75, 3.05) is 12.0 Å². The summed E-state index contributed by atoms with van der Waals surface area (Å²) in [5.74, 6) is -0.457. The van der Waals surface area contributed by atoms with Gasteiger partial charge in [0.1, 0.15) is 17.4 Å². The molecule has 0 unspecified atom stereocenters. The van der Waals surface area contributed by atoms with Gasteiger partial charge in [0.25, 0.3) is 5.91 Å². The van der Waals surface area contributed by atoms with Gasteiger partial charge >= 0.3 is 0 Å². The summed E-state index contributed by atoms with van der Waals surface area (Å²) in [6, 6.07) is 5.23. The van der Waals surface area contributed by atoms with E-state index in [-0.39, 0.29) is 0 Å². The highest BCUT2D eigenvalue weighted by atomic mass is 16.5. The second-order valence-electron chi connectivity index (χ2n) is 5.67. The molecule has 2 rings (SSSR count). The Balaban J connectivity index is 2.46. The average molecular weight is 308 g/mol. The van der Waals surface area contributed by atoms with E-state index in [1.165, 1.54) is 27.9 Å². The molecule has 7 heteroatoms. The largest absolute Gasteiger partial charge is 0.497 e. The maximum Gasteiger partial charge on any atom is 0.255 e. The zero-order valence-corrected chi connectivity index (χ0v) is 13.0. The minimum atomic E-state index is -1.88. The van der Waals surface area contributed by atoms with Crippen LogP contribution in [0, 0.1) is 0 Å². The van der Waals surface area contributed by atoms with Gasteiger partial charge in [-0.05, 0) is 38.1 Å². The topological polar surface area (TPSA) is 99.1 Å². The quantitative estimate of drug-likeness (QED) is 0.730. The first-order valence-corrected chi connectivity index (χ1v) is 6.83. The number of ether oxygens (including phenoxy) is 1. The molecule has 22 heavy (non-hydrogen) atoms. The van der Waals surface area contributed by atoms with E-state index in [9.17, 15) is 19.8 Å². The second-order valence-corrected chi connectivity index (χ2v) is 5.67. The van der Waals surface area contributed by atoms with Crippen LogP contribution < -0.4 is 15.0 Å². The van der Waals surface area contributed by atoms with Gasteiger partial charge in [-0.1, -0.05) is 0 Å². The maximum atomic E-state index is 12.6. The summed E-state index contributed by atoms with van der Waals surface area (Å²) in [6.07, 6.45) is 0. The van der Waals surface area contributed by atoms with E-state index in [4.69, 9.17) is 4.74 Å². The molecule has 1 saturated heterocycles. The van der Waals surface area contributed by atoms with Crippen LogP contribution in [0.5, 0.6) is 5.75 Å². The minimum absolute atomic E-state index is 0.393. The third-order valence-electron chi connectivity index (χ3n) is 4.10. The summed E-state index contributed by atoms with van der Waals surface area (Å²) >= 11 is 0. The number of aliphatic hydroxyl groups is 2. The second kappa shape index (κ2) is 5.26. The Morgan fingerprint density at radius 3 is 2.27 bits per heavy atom. The normalized spacial score (nSPS) is 31.3. The van der Waals surface area contributed by atoms with Crippen LogP contribution in [0.4, 0.5) is 5.69 Å². The molecule has 3 N–H and O–H groups in total. The molecule has 0 spiro atoms. The van der Waals surface area contributed by atoms with Crippen LogP contribution in [0.1, 0.15) is 20.8 Å². The van der Waals surface area contributed by atoms with Crippen molar-refractivity contribution in [1.82, 2.24) is 5.32 Å². The Kier molecular flexibility index (Phi) is 3.88. The molecule has 1 aliphatic rings. The molecule has 7 nitrogen and oxygen atoms in total. The molecule has 1 heterocycles. The molecule has 3 atom stereocenters. The Bertz CT molecular complexity index is 594. The molecule has 120 valence electrons. The third kappa shape index (κ3) is 2.32. The fourth-order valence-corrected chi connectivity index (χ4v) is 2.60. The zero-order valence-electron chi connectivity index (χ0n) is 13.0. The predicted molar refractivity (Wildman–Crippen MR) is 79.3 cm³/mol. The lowest BCUT2D eigenvalue weighted by molar-refractivity contribution is -0.134. The number of hydrogen-bond acceptors (Lipinski definition) is 5. The summed E-state index contributed by atoms with van der Waals surface area (Å²) in [5.41, 5.74) is -3.34. The van der Waals surface area contributed by atoms with Crippen molar-refractivity contribution in [2.24, 2.45) is 0 Å². The lowest BCUT2D eigenvalue weighted by atomic mass is 9.90. The first-order valence-electron chi connectivity index (χ1n) is 6.83. The van der Waals surface area contributed by atoms with Crippen molar-refractivity contribution in [1.29, 1.82) is 0 Å². The molecule has 1 aromatic carbocycles. The molecular weight excluding hydrogens is 288 g/mol. The van der Waals surface area contributed by atoms with Crippen molar-refractivity contribution in [3.05, 3.63) is 24.3 Å². The fourth-order valence-electron chi connectivity index (χ4n) is 2.60. The number of nitrogens with one attached hydrogen (secondary N) is 1. The van der Waals surface area contributed by atoms with Gasteiger partial charge < -0.3 is 20.3 Å². The molecule has 2 amide bonds. The number of hydrogen-bond donors (Lipinski definition) is 3. The summed E-state index contributed by atoms with van der Waals surface area (Å²) < 4.78 is 5.05. The summed E-state index contributed by atoms with van der Waals surface area (Å²) in [6.45, 7) is 3.89.